The monoisotopic (exact) mass is 478 g/mol. The van der Waals surface area contributed by atoms with E-state index in [2.05, 4.69) is 39.5 Å². The van der Waals surface area contributed by atoms with E-state index in [1.165, 1.54) is 6.42 Å². The molecule has 0 radical (unpaired) electrons. The maximum Gasteiger partial charge on any atom is 0.191 e. The molecule has 26 heavy (non-hydrogen) atoms. The second kappa shape index (κ2) is 13.3. The number of hydrogen-bond acceptors (Lipinski definition) is 4. The van der Waals surface area contributed by atoms with Crippen LogP contribution < -0.4 is 10.6 Å². The first-order valence-electron chi connectivity index (χ1n) is 9.42. The van der Waals surface area contributed by atoms with Crippen molar-refractivity contribution in [1.82, 2.24) is 25.3 Å². The quantitative estimate of drug-likeness (QED) is 0.245. The van der Waals surface area contributed by atoms with Crippen LogP contribution in [0.5, 0.6) is 0 Å². The molecular formula is C18H35IN6O. The second-order valence-electron chi connectivity index (χ2n) is 6.93. The van der Waals surface area contributed by atoms with Crippen molar-refractivity contribution in [1.29, 1.82) is 0 Å². The molecule has 1 aliphatic heterocycles. The summed E-state index contributed by atoms with van der Waals surface area (Å²) in [5.41, 5.74) is 0. The largest absolute Gasteiger partial charge is 0.379 e. The fourth-order valence-corrected chi connectivity index (χ4v) is 3.16. The second-order valence-corrected chi connectivity index (χ2v) is 6.93. The van der Waals surface area contributed by atoms with Crippen LogP contribution >= 0.6 is 24.0 Å². The molecule has 0 spiro atoms. The Kier molecular flexibility index (Phi) is 11.9. The fraction of sp³-hybridized carbons (Fsp3) is 0.778. The minimum atomic E-state index is 0. The molecule has 1 fully saturated rings. The lowest BCUT2D eigenvalue weighted by Gasteiger charge is -2.35. The van der Waals surface area contributed by atoms with Crippen LogP contribution in [0.15, 0.2) is 23.5 Å². The van der Waals surface area contributed by atoms with Crippen LogP contribution in [0.4, 0.5) is 0 Å². The van der Waals surface area contributed by atoms with Crippen LogP contribution in [-0.2, 0) is 11.3 Å². The average Bonchev–Trinajstić information content (AvgIpc) is 3.14. The topological polar surface area (TPSA) is 66.7 Å². The zero-order chi connectivity index (χ0) is 17.9. The standard InChI is InChI=1S/C18H34N6O.HI/c1-16(2)14-17(23-10-12-25-13-11-23)15-21-18(19-3)20-6-4-8-24-9-5-7-22-24;/h5,7,9,16-17H,4,6,8,10-15H2,1-3H3,(H2,19,20,21);1H. The van der Waals surface area contributed by atoms with E-state index < -0.39 is 0 Å². The molecule has 1 aliphatic rings. The summed E-state index contributed by atoms with van der Waals surface area (Å²) in [4.78, 5) is 6.89. The van der Waals surface area contributed by atoms with E-state index in [-0.39, 0.29) is 24.0 Å². The van der Waals surface area contributed by atoms with Gasteiger partial charge in [0, 0.05) is 58.2 Å². The van der Waals surface area contributed by atoms with Crippen molar-refractivity contribution < 1.29 is 4.74 Å². The third kappa shape index (κ3) is 8.68. The van der Waals surface area contributed by atoms with Gasteiger partial charge in [-0.3, -0.25) is 14.6 Å². The first-order valence-corrected chi connectivity index (χ1v) is 9.42. The SMILES string of the molecule is CN=C(NCCCn1cccn1)NCC(CC(C)C)N1CCOCC1.I. The minimum absolute atomic E-state index is 0. The molecule has 0 saturated carbocycles. The molecule has 2 N–H and O–H groups in total. The highest BCUT2D eigenvalue weighted by Crippen LogP contribution is 2.12. The Hall–Kier alpha value is -0.870. The molecule has 0 aromatic carbocycles. The van der Waals surface area contributed by atoms with Crippen LogP contribution in [0.2, 0.25) is 0 Å². The number of rotatable bonds is 9. The van der Waals surface area contributed by atoms with Gasteiger partial charge in [-0.2, -0.15) is 5.10 Å². The van der Waals surface area contributed by atoms with Gasteiger partial charge in [0.2, 0.25) is 0 Å². The molecule has 7 nitrogen and oxygen atoms in total. The molecule has 0 aliphatic carbocycles. The zero-order valence-corrected chi connectivity index (χ0v) is 18.7. The third-order valence-electron chi connectivity index (χ3n) is 4.45. The molecule has 8 heteroatoms. The van der Waals surface area contributed by atoms with Gasteiger partial charge in [0.05, 0.1) is 13.2 Å². The zero-order valence-electron chi connectivity index (χ0n) is 16.4. The predicted molar refractivity (Wildman–Crippen MR) is 117 cm³/mol. The highest BCUT2D eigenvalue weighted by Gasteiger charge is 2.22. The molecule has 2 rings (SSSR count). The molecule has 1 aromatic heterocycles. The molecule has 0 bridgehead atoms. The summed E-state index contributed by atoms with van der Waals surface area (Å²) in [5, 5.41) is 11.1. The number of aliphatic imine (C=N–C) groups is 1. The number of aryl methyl sites for hydroxylation is 1. The van der Waals surface area contributed by atoms with Crippen LogP contribution in [0.25, 0.3) is 0 Å². The number of aromatic nitrogens is 2. The van der Waals surface area contributed by atoms with Gasteiger partial charge in [-0.05, 0) is 24.8 Å². The van der Waals surface area contributed by atoms with E-state index in [9.17, 15) is 0 Å². The van der Waals surface area contributed by atoms with Gasteiger partial charge in [-0.15, -0.1) is 24.0 Å². The highest BCUT2D eigenvalue weighted by molar-refractivity contribution is 14.0. The van der Waals surface area contributed by atoms with Crippen LogP contribution in [-0.4, -0.2) is 73.1 Å². The van der Waals surface area contributed by atoms with Crippen molar-refractivity contribution in [2.75, 3.05) is 46.4 Å². The summed E-state index contributed by atoms with van der Waals surface area (Å²) in [6.45, 7) is 11.0. The fourth-order valence-electron chi connectivity index (χ4n) is 3.16. The molecule has 0 amide bonds. The lowest BCUT2D eigenvalue weighted by Crippen LogP contribution is -2.51. The average molecular weight is 478 g/mol. The lowest BCUT2D eigenvalue weighted by molar-refractivity contribution is 0.0132. The molecule has 2 heterocycles. The Morgan fingerprint density at radius 1 is 1.27 bits per heavy atom. The molecule has 1 unspecified atom stereocenters. The van der Waals surface area contributed by atoms with Gasteiger partial charge in [0.25, 0.3) is 0 Å². The van der Waals surface area contributed by atoms with Crippen molar-refractivity contribution in [3.05, 3.63) is 18.5 Å². The minimum Gasteiger partial charge on any atom is -0.379 e. The lowest BCUT2D eigenvalue weighted by atomic mass is 10.0. The van der Waals surface area contributed by atoms with Gasteiger partial charge >= 0.3 is 0 Å². The summed E-state index contributed by atoms with van der Waals surface area (Å²) in [6.07, 6.45) is 6.00. The van der Waals surface area contributed by atoms with E-state index in [1.54, 1.807) is 0 Å². The van der Waals surface area contributed by atoms with Crippen LogP contribution in [0.1, 0.15) is 26.7 Å². The third-order valence-corrected chi connectivity index (χ3v) is 4.45. The number of guanidine groups is 1. The molecule has 1 atom stereocenters. The molecule has 1 saturated heterocycles. The van der Waals surface area contributed by atoms with Crippen molar-refractivity contribution in [3.63, 3.8) is 0 Å². The Morgan fingerprint density at radius 2 is 2.04 bits per heavy atom. The van der Waals surface area contributed by atoms with E-state index in [4.69, 9.17) is 4.74 Å². The van der Waals surface area contributed by atoms with E-state index in [1.807, 2.05) is 30.2 Å². The van der Waals surface area contributed by atoms with Crippen molar-refractivity contribution in [3.8, 4) is 0 Å². The number of nitrogens with zero attached hydrogens (tertiary/aromatic N) is 4. The highest BCUT2D eigenvalue weighted by atomic mass is 127. The van der Waals surface area contributed by atoms with Gasteiger partial charge < -0.3 is 15.4 Å². The Labute approximate surface area is 175 Å². The molecule has 1 aromatic rings. The first kappa shape index (κ1) is 23.2. The summed E-state index contributed by atoms with van der Waals surface area (Å²) < 4.78 is 7.45. The smallest absolute Gasteiger partial charge is 0.191 e. The number of nitrogens with one attached hydrogen (secondary N) is 2. The van der Waals surface area contributed by atoms with Crippen molar-refractivity contribution >= 4 is 29.9 Å². The summed E-state index contributed by atoms with van der Waals surface area (Å²) in [6, 6.07) is 2.47. The Balaban J connectivity index is 0.00000338. The van der Waals surface area contributed by atoms with Crippen LogP contribution in [0.3, 0.4) is 0 Å². The van der Waals surface area contributed by atoms with Crippen LogP contribution in [0, 0.1) is 5.92 Å². The van der Waals surface area contributed by atoms with E-state index in [0.717, 1.165) is 58.3 Å². The van der Waals surface area contributed by atoms with Gasteiger partial charge in [0.1, 0.15) is 0 Å². The van der Waals surface area contributed by atoms with Gasteiger partial charge in [-0.25, -0.2) is 0 Å². The summed E-state index contributed by atoms with van der Waals surface area (Å²) in [5.74, 6) is 1.56. The summed E-state index contributed by atoms with van der Waals surface area (Å²) in [7, 11) is 1.83. The Bertz CT molecular complexity index is 488. The van der Waals surface area contributed by atoms with Crippen molar-refractivity contribution in [2.45, 2.75) is 39.3 Å². The molecular weight excluding hydrogens is 443 g/mol. The van der Waals surface area contributed by atoms with E-state index in [0.29, 0.717) is 12.0 Å². The maximum absolute atomic E-state index is 5.49. The van der Waals surface area contributed by atoms with Gasteiger partial charge in [0.15, 0.2) is 5.96 Å². The molecule has 150 valence electrons. The maximum atomic E-state index is 5.49. The van der Waals surface area contributed by atoms with E-state index >= 15 is 0 Å². The first-order chi connectivity index (χ1) is 12.2. The number of halogens is 1. The number of morpholine rings is 1. The normalized spacial score (nSPS) is 17.0. The number of ether oxygens (including phenoxy) is 1. The predicted octanol–water partition coefficient (Wildman–Crippen LogP) is 1.80. The van der Waals surface area contributed by atoms with Gasteiger partial charge in [-0.1, -0.05) is 13.8 Å². The summed E-state index contributed by atoms with van der Waals surface area (Å²) >= 11 is 0. The van der Waals surface area contributed by atoms with Crippen molar-refractivity contribution in [2.24, 2.45) is 10.9 Å². The number of hydrogen-bond donors (Lipinski definition) is 2. The Morgan fingerprint density at radius 3 is 2.65 bits per heavy atom.